The van der Waals surface area contributed by atoms with Gasteiger partial charge in [-0.1, -0.05) is 34.9 Å². The molecule has 0 aromatic heterocycles. The van der Waals surface area contributed by atoms with E-state index in [4.69, 9.17) is 33.0 Å². The Morgan fingerprint density at radius 1 is 1.17 bits per heavy atom. The van der Waals surface area contributed by atoms with Crippen LogP contribution in [0.4, 0.5) is 0 Å². The molecule has 0 fully saturated rings. The summed E-state index contributed by atoms with van der Waals surface area (Å²) in [6.07, 6.45) is 6.29. The van der Waals surface area contributed by atoms with Crippen LogP contribution < -0.4 is 0 Å². The molecule has 18 heavy (non-hydrogen) atoms. The van der Waals surface area contributed by atoms with Crippen molar-refractivity contribution in [2.75, 3.05) is 13.2 Å². The zero-order chi connectivity index (χ0) is 13.1. The number of hydrogen-bond donors (Lipinski definition) is 1. The van der Waals surface area contributed by atoms with E-state index in [2.05, 4.69) is 13.0 Å². The zero-order valence-electron chi connectivity index (χ0n) is 10.3. The van der Waals surface area contributed by atoms with Crippen molar-refractivity contribution in [2.24, 2.45) is 0 Å². The molecule has 0 amide bonds. The Labute approximate surface area is 117 Å². The van der Waals surface area contributed by atoms with Crippen LogP contribution in [-0.4, -0.2) is 18.3 Å². The molecule has 0 unspecified atom stereocenters. The lowest BCUT2D eigenvalue weighted by Crippen LogP contribution is -2.01. The summed E-state index contributed by atoms with van der Waals surface area (Å²) in [5.41, 5.74) is 3.35. The molecular weight excluding hydrogens is 271 g/mol. The highest BCUT2D eigenvalue weighted by atomic mass is 35.5. The molecule has 2 aliphatic carbocycles. The van der Waals surface area contributed by atoms with Crippen LogP contribution in [0, 0.1) is 0 Å². The molecule has 2 aliphatic rings. The summed E-state index contributed by atoms with van der Waals surface area (Å²) in [5.74, 6) is 0.783. The minimum Gasteiger partial charge on any atom is -0.491 e. The topological polar surface area (TPSA) is 29.5 Å². The smallest absolute Gasteiger partial charge is 0.120 e. The maximum absolute atomic E-state index is 8.81. The van der Waals surface area contributed by atoms with Crippen LogP contribution >= 0.6 is 23.2 Å². The van der Waals surface area contributed by atoms with Gasteiger partial charge in [0.25, 0.3) is 0 Å². The molecular formula is C14H16Cl2O2. The fourth-order valence-corrected chi connectivity index (χ4v) is 2.69. The summed E-state index contributed by atoms with van der Waals surface area (Å²) in [6.45, 7) is 2.36. The predicted octanol–water partition coefficient (Wildman–Crippen LogP) is 4.01. The monoisotopic (exact) mass is 286 g/mol. The first-order valence-electron chi connectivity index (χ1n) is 6.00. The molecule has 0 bridgehead atoms. The fourth-order valence-electron chi connectivity index (χ4n) is 2.16. The highest BCUT2D eigenvalue weighted by Crippen LogP contribution is 2.39. The van der Waals surface area contributed by atoms with E-state index in [1.807, 2.05) is 6.08 Å². The maximum atomic E-state index is 8.81. The van der Waals surface area contributed by atoms with Gasteiger partial charge in [-0.25, -0.2) is 0 Å². The Balaban J connectivity index is 2.13. The Hall–Kier alpha value is -0.700. The van der Waals surface area contributed by atoms with Gasteiger partial charge in [0.1, 0.15) is 12.4 Å². The van der Waals surface area contributed by atoms with Crippen LogP contribution in [0.25, 0.3) is 0 Å². The lowest BCUT2D eigenvalue weighted by atomic mass is 10.0. The molecule has 0 atom stereocenters. The highest BCUT2D eigenvalue weighted by molar-refractivity contribution is 6.31. The number of ether oxygens (including phenoxy) is 1. The predicted molar refractivity (Wildman–Crippen MR) is 74.5 cm³/mol. The first-order chi connectivity index (χ1) is 8.63. The van der Waals surface area contributed by atoms with Gasteiger partial charge in [-0.3, -0.25) is 0 Å². The standard InChI is InChI=1S/C14H16Cl2O2/c1-9-2-3-12(15)10(9)8-11-13(16)4-5-14(11)18-7-6-17/h2,5,17H,3-4,6-8H2,1H3. The minimum absolute atomic E-state index is 0.00459. The van der Waals surface area contributed by atoms with Crippen molar-refractivity contribution in [3.63, 3.8) is 0 Å². The van der Waals surface area contributed by atoms with Gasteiger partial charge in [-0.2, -0.15) is 0 Å². The number of hydrogen-bond acceptors (Lipinski definition) is 2. The van der Waals surface area contributed by atoms with Crippen LogP contribution in [-0.2, 0) is 4.74 Å². The van der Waals surface area contributed by atoms with Crippen molar-refractivity contribution in [2.45, 2.75) is 26.2 Å². The first-order valence-corrected chi connectivity index (χ1v) is 6.75. The third kappa shape index (κ3) is 2.82. The lowest BCUT2D eigenvalue weighted by Gasteiger charge is -2.13. The second-order valence-corrected chi connectivity index (χ2v) is 5.29. The summed E-state index contributed by atoms with van der Waals surface area (Å²) in [6, 6.07) is 0. The summed E-state index contributed by atoms with van der Waals surface area (Å²) >= 11 is 12.4. The Kier molecular flexibility index (Phi) is 4.55. The van der Waals surface area contributed by atoms with Crippen molar-refractivity contribution >= 4 is 23.2 Å². The number of aliphatic hydroxyl groups is 1. The third-order valence-electron chi connectivity index (χ3n) is 3.18. The van der Waals surface area contributed by atoms with Gasteiger partial charge in [-0.05, 0) is 18.6 Å². The van der Waals surface area contributed by atoms with Gasteiger partial charge in [0.15, 0.2) is 0 Å². The molecule has 0 spiro atoms. The molecule has 2 nitrogen and oxygen atoms in total. The van der Waals surface area contributed by atoms with Crippen LogP contribution in [0.1, 0.15) is 26.2 Å². The quantitative estimate of drug-likeness (QED) is 0.828. The van der Waals surface area contributed by atoms with Crippen molar-refractivity contribution in [1.29, 1.82) is 0 Å². The molecule has 0 saturated heterocycles. The van der Waals surface area contributed by atoms with Gasteiger partial charge >= 0.3 is 0 Å². The Morgan fingerprint density at radius 3 is 2.44 bits per heavy atom. The van der Waals surface area contributed by atoms with Gasteiger partial charge in [0.2, 0.25) is 0 Å². The van der Waals surface area contributed by atoms with Gasteiger partial charge < -0.3 is 9.84 Å². The van der Waals surface area contributed by atoms with Crippen LogP contribution in [0.3, 0.4) is 0 Å². The second kappa shape index (κ2) is 5.96. The molecule has 98 valence electrons. The van der Waals surface area contributed by atoms with Crippen LogP contribution in [0.5, 0.6) is 0 Å². The van der Waals surface area contributed by atoms with E-state index in [9.17, 15) is 0 Å². The van der Waals surface area contributed by atoms with Crippen molar-refractivity contribution in [3.05, 3.63) is 44.7 Å². The van der Waals surface area contributed by atoms with Crippen molar-refractivity contribution < 1.29 is 9.84 Å². The molecule has 4 heteroatoms. The highest BCUT2D eigenvalue weighted by Gasteiger charge is 2.22. The van der Waals surface area contributed by atoms with Crippen molar-refractivity contribution in [3.8, 4) is 0 Å². The number of aliphatic hydroxyl groups excluding tert-OH is 1. The molecule has 0 aromatic carbocycles. The molecule has 1 N–H and O–H groups in total. The fraction of sp³-hybridized carbons (Fsp3) is 0.429. The Bertz CT molecular complexity index is 470. The summed E-state index contributed by atoms with van der Waals surface area (Å²) in [7, 11) is 0. The average Bonchev–Trinajstić information content (AvgIpc) is 2.85. The van der Waals surface area contributed by atoms with E-state index in [0.717, 1.165) is 33.4 Å². The molecule has 0 heterocycles. The Morgan fingerprint density at radius 2 is 1.83 bits per heavy atom. The van der Waals surface area contributed by atoms with Gasteiger partial charge in [0.05, 0.1) is 6.61 Å². The molecule has 2 rings (SSSR count). The number of allylic oxidation sites excluding steroid dienone is 7. The largest absolute Gasteiger partial charge is 0.491 e. The van der Waals surface area contributed by atoms with Crippen molar-refractivity contribution in [1.82, 2.24) is 0 Å². The van der Waals surface area contributed by atoms with Gasteiger partial charge in [-0.15, -0.1) is 0 Å². The third-order valence-corrected chi connectivity index (χ3v) is 3.95. The lowest BCUT2D eigenvalue weighted by molar-refractivity contribution is 0.149. The first kappa shape index (κ1) is 13.7. The average molecular weight is 287 g/mol. The maximum Gasteiger partial charge on any atom is 0.120 e. The minimum atomic E-state index is 0.00459. The van der Waals surface area contributed by atoms with E-state index < -0.39 is 0 Å². The van der Waals surface area contributed by atoms with Gasteiger partial charge in [0, 0.05) is 34.9 Å². The van der Waals surface area contributed by atoms with E-state index >= 15 is 0 Å². The second-order valence-electron chi connectivity index (χ2n) is 4.38. The van der Waals surface area contributed by atoms with E-state index in [1.165, 1.54) is 5.57 Å². The van der Waals surface area contributed by atoms with Crippen LogP contribution in [0.15, 0.2) is 44.7 Å². The summed E-state index contributed by atoms with van der Waals surface area (Å²) < 4.78 is 5.50. The SMILES string of the molecule is CC1=CCC(Cl)=C1CC1=C(Cl)CC=C1OCCO. The number of halogens is 2. The van der Waals surface area contributed by atoms with E-state index in [0.29, 0.717) is 19.4 Å². The zero-order valence-corrected chi connectivity index (χ0v) is 11.8. The number of rotatable bonds is 5. The molecule has 0 aromatic rings. The van der Waals surface area contributed by atoms with E-state index in [1.54, 1.807) is 0 Å². The molecule has 0 saturated carbocycles. The van der Waals surface area contributed by atoms with Crippen LogP contribution in [0.2, 0.25) is 0 Å². The summed E-state index contributed by atoms with van der Waals surface area (Å²) in [4.78, 5) is 0. The normalized spacial score (nSPS) is 19.6. The summed E-state index contributed by atoms with van der Waals surface area (Å²) in [5, 5.41) is 10.5. The van der Waals surface area contributed by atoms with E-state index in [-0.39, 0.29) is 6.61 Å². The molecule has 0 radical (unpaired) electrons. The molecule has 0 aliphatic heterocycles.